The van der Waals surface area contributed by atoms with Gasteiger partial charge in [0.05, 0.1) is 17.4 Å². The molecule has 0 aliphatic carbocycles. The molecule has 2 aliphatic rings. The lowest BCUT2D eigenvalue weighted by molar-refractivity contribution is -0.323. The van der Waals surface area contributed by atoms with Crippen molar-refractivity contribution in [2.75, 3.05) is 20.8 Å². The quantitative estimate of drug-likeness (QED) is 0.764. The van der Waals surface area contributed by atoms with Crippen LogP contribution in [0, 0.1) is 0 Å². The summed E-state index contributed by atoms with van der Waals surface area (Å²) in [6.45, 7) is 0.322. The van der Waals surface area contributed by atoms with Gasteiger partial charge in [0.1, 0.15) is 24.4 Å². The van der Waals surface area contributed by atoms with Crippen LogP contribution in [0.3, 0.4) is 0 Å². The van der Waals surface area contributed by atoms with E-state index in [1.807, 2.05) is 60.7 Å². The number of hydrogen-bond donors (Lipinski definition) is 0. The molecule has 0 saturated carbocycles. The number of methoxy groups -OCH3 is 2. The summed E-state index contributed by atoms with van der Waals surface area (Å²) < 4.78 is 42.8. The molecule has 2 heterocycles. The van der Waals surface area contributed by atoms with E-state index < -0.39 is 46.9 Å². The first-order chi connectivity index (χ1) is 13.7. The minimum absolute atomic E-state index is 0.322. The van der Waals surface area contributed by atoms with Gasteiger partial charge < -0.3 is 23.7 Å². The highest BCUT2D eigenvalue weighted by Gasteiger charge is 2.52. The molecule has 0 radical (unpaired) electrons. The van der Waals surface area contributed by atoms with Crippen molar-refractivity contribution in [3.05, 3.63) is 66.2 Å². The minimum Gasteiger partial charge on any atom is -0.376 e. The fourth-order valence-electron chi connectivity index (χ4n) is 3.70. The number of benzene rings is 2. The number of ether oxygens (including phenoxy) is 5. The molecular formula is C21H24O6S. The fraction of sp³-hybridized carbons (Fsp3) is 0.429. The summed E-state index contributed by atoms with van der Waals surface area (Å²) in [4.78, 5) is 0.683. The lowest BCUT2D eigenvalue weighted by atomic mass is 9.98. The molecule has 2 aliphatic heterocycles. The second-order valence-corrected chi connectivity index (χ2v) is 8.26. The van der Waals surface area contributed by atoms with Crippen molar-refractivity contribution < 1.29 is 27.9 Å². The second kappa shape index (κ2) is 8.82. The summed E-state index contributed by atoms with van der Waals surface area (Å²) >= 11 is 0. The zero-order valence-electron chi connectivity index (χ0n) is 15.8. The maximum Gasteiger partial charge on any atom is 0.184 e. The molecule has 7 heteroatoms. The lowest BCUT2D eigenvalue weighted by Gasteiger charge is -2.48. The molecule has 28 heavy (non-hydrogen) atoms. The van der Waals surface area contributed by atoms with E-state index in [4.69, 9.17) is 23.7 Å². The highest BCUT2D eigenvalue weighted by molar-refractivity contribution is 7.85. The Morgan fingerprint density at radius 1 is 0.893 bits per heavy atom. The van der Waals surface area contributed by atoms with Gasteiger partial charge in [-0.05, 0) is 12.1 Å². The molecule has 2 saturated heterocycles. The molecule has 0 N–H and O–H groups in total. The van der Waals surface area contributed by atoms with E-state index in [2.05, 4.69) is 0 Å². The molecule has 2 fully saturated rings. The third-order valence-corrected chi connectivity index (χ3v) is 6.62. The first-order valence-corrected chi connectivity index (χ1v) is 10.4. The van der Waals surface area contributed by atoms with Crippen LogP contribution in [0.15, 0.2) is 65.6 Å². The summed E-state index contributed by atoms with van der Waals surface area (Å²) in [5, 5.41) is 0. The molecule has 4 rings (SSSR count). The van der Waals surface area contributed by atoms with Crippen molar-refractivity contribution in [1.82, 2.24) is 0 Å². The fourth-order valence-corrected chi connectivity index (χ4v) is 5.15. The molecule has 0 amide bonds. The van der Waals surface area contributed by atoms with Crippen molar-refractivity contribution in [3.8, 4) is 0 Å². The Hall–Kier alpha value is -1.61. The van der Waals surface area contributed by atoms with Crippen LogP contribution < -0.4 is 0 Å². The number of rotatable bonds is 5. The van der Waals surface area contributed by atoms with E-state index >= 15 is 0 Å². The van der Waals surface area contributed by atoms with Gasteiger partial charge in [-0.2, -0.15) is 0 Å². The predicted octanol–water partition coefficient (Wildman–Crippen LogP) is 2.66. The van der Waals surface area contributed by atoms with Gasteiger partial charge in [-0.3, -0.25) is 4.21 Å². The van der Waals surface area contributed by atoms with E-state index in [9.17, 15) is 4.21 Å². The van der Waals surface area contributed by atoms with Gasteiger partial charge in [-0.15, -0.1) is 0 Å². The van der Waals surface area contributed by atoms with Crippen LogP contribution in [0.1, 0.15) is 11.9 Å². The highest BCUT2D eigenvalue weighted by Crippen LogP contribution is 2.37. The highest BCUT2D eigenvalue weighted by atomic mass is 32.2. The molecule has 2 aromatic rings. The Balaban J connectivity index is 1.57. The summed E-state index contributed by atoms with van der Waals surface area (Å²) in [6, 6.07) is 19.0. The minimum atomic E-state index is -1.42. The van der Waals surface area contributed by atoms with Gasteiger partial charge in [-0.25, -0.2) is 0 Å². The summed E-state index contributed by atoms with van der Waals surface area (Å²) in [5.74, 6) is 0. The van der Waals surface area contributed by atoms with E-state index in [0.717, 1.165) is 5.56 Å². The van der Waals surface area contributed by atoms with Gasteiger partial charge in [-0.1, -0.05) is 48.5 Å². The Morgan fingerprint density at radius 2 is 1.54 bits per heavy atom. The van der Waals surface area contributed by atoms with Crippen LogP contribution in [-0.4, -0.2) is 54.9 Å². The maximum absolute atomic E-state index is 13.2. The van der Waals surface area contributed by atoms with Crippen LogP contribution in [-0.2, 0) is 34.5 Å². The van der Waals surface area contributed by atoms with Crippen LogP contribution in [0.2, 0.25) is 0 Å². The van der Waals surface area contributed by atoms with Crippen LogP contribution in [0.5, 0.6) is 0 Å². The Morgan fingerprint density at radius 3 is 2.18 bits per heavy atom. The molecular weight excluding hydrogens is 380 g/mol. The smallest absolute Gasteiger partial charge is 0.184 e. The van der Waals surface area contributed by atoms with E-state index in [0.29, 0.717) is 11.5 Å². The van der Waals surface area contributed by atoms with E-state index in [-0.39, 0.29) is 0 Å². The monoisotopic (exact) mass is 404 g/mol. The van der Waals surface area contributed by atoms with Crippen molar-refractivity contribution >= 4 is 10.8 Å². The van der Waals surface area contributed by atoms with Crippen molar-refractivity contribution in [3.63, 3.8) is 0 Å². The molecule has 7 atom stereocenters. The second-order valence-electron chi connectivity index (χ2n) is 6.73. The molecule has 0 bridgehead atoms. The van der Waals surface area contributed by atoms with Crippen LogP contribution in [0.4, 0.5) is 0 Å². The molecule has 2 aromatic carbocycles. The van der Waals surface area contributed by atoms with Gasteiger partial charge >= 0.3 is 0 Å². The number of fused-ring (bicyclic) bond motifs is 1. The largest absolute Gasteiger partial charge is 0.376 e. The first kappa shape index (κ1) is 19.7. The van der Waals surface area contributed by atoms with Crippen molar-refractivity contribution in [2.45, 2.75) is 41.0 Å². The Bertz CT molecular complexity index is 786. The standard InChI is InChI=1S/C21H24O6S/c1-23-18-17-16(13-25-20(27-17)14-9-5-3-6-10-14)26-21(19(18)24-2)28(22)15-11-7-4-8-12-15/h3-12,16-21H,13H2,1-2H3/t16-,17-,18+,19-,20?,21+,28?/m1/s1. The van der Waals surface area contributed by atoms with Crippen molar-refractivity contribution in [1.29, 1.82) is 0 Å². The third kappa shape index (κ3) is 3.78. The van der Waals surface area contributed by atoms with Gasteiger partial charge in [0.15, 0.2) is 11.7 Å². The zero-order valence-corrected chi connectivity index (χ0v) is 16.6. The maximum atomic E-state index is 13.2. The molecule has 150 valence electrons. The first-order valence-electron chi connectivity index (χ1n) is 9.21. The molecule has 2 unspecified atom stereocenters. The van der Waals surface area contributed by atoms with E-state index in [1.54, 1.807) is 14.2 Å². The summed E-state index contributed by atoms with van der Waals surface area (Å²) in [5.41, 5.74) is 0.249. The topological polar surface area (TPSA) is 63.2 Å². The average Bonchev–Trinajstić information content (AvgIpc) is 2.78. The van der Waals surface area contributed by atoms with Crippen LogP contribution >= 0.6 is 0 Å². The Labute approximate surface area is 167 Å². The summed E-state index contributed by atoms with van der Waals surface area (Å²) in [7, 11) is 1.76. The molecule has 0 spiro atoms. The van der Waals surface area contributed by atoms with Crippen molar-refractivity contribution in [2.24, 2.45) is 0 Å². The summed E-state index contributed by atoms with van der Waals surface area (Å²) in [6.07, 6.45) is -2.26. The lowest BCUT2D eigenvalue weighted by Crippen LogP contribution is -2.63. The van der Waals surface area contributed by atoms with E-state index in [1.165, 1.54) is 0 Å². The number of hydrogen-bond acceptors (Lipinski definition) is 6. The molecule has 0 aromatic heterocycles. The van der Waals surface area contributed by atoms with Crippen LogP contribution in [0.25, 0.3) is 0 Å². The van der Waals surface area contributed by atoms with Gasteiger partial charge in [0, 0.05) is 24.7 Å². The Kier molecular flexibility index (Phi) is 6.20. The molecule has 6 nitrogen and oxygen atoms in total. The SMILES string of the molecule is CO[C@@H]1[C@@H](OC)[C@H](S(=O)c2ccccc2)O[C@@H]2COC(c3ccccc3)O[C@@H]12. The normalized spacial score (nSPS) is 33.8. The van der Waals surface area contributed by atoms with Gasteiger partial charge in [0.25, 0.3) is 0 Å². The average molecular weight is 404 g/mol. The van der Waals surface area contributed by atoms with Gasteiger partial charge in [0.2, 0.25) is 0 Å². The zero-order chi connectivity index (χ0) is 19.5. The third-order valence-electron chi connectivity index (χ3n) is 5.09. The predicted molar refractivity (Wildman–Crippen MR) is 103 cm³/mol.